The molecule has 2 aromatic heterocycles. The van der Waals surface area contributed by atoms with Crippen molar-refractivity contribution >= 4 is 33.1 Å². The van der Waals surface area contributed by atoms with Gasteiger partial charge in [-0.05, 0) is 36.8 Å². The first-order chi connectivity index (χ1) is 12.1. The third-order valence-electron chi connectivity index (χ3n) is 3.86. The van der Waals surface area contributed by atoms with E-state index < -0.39 is 0 Å². The van der Waals surface area contributed by atoms with E-state index in [1.165, 1.54) is 23.5 Å². The lowest BCUT2D eigenvalue weighted by atomic mass is 10.1. The minimum atomic E-state index is -0.275. The molecule has 0 amide bonds. The highest BCUT2D eigenvalue weighted by Crippen LogP contribution is 2.38. The summed E-state index contributed by atoms with van der Waals surface area (Å²) in [5.41, 5.74) is 2.39. The van der Waals surface area contributed by atoms with E-state index in [1.54, 1.807) is 30.3 Å². The predicted octanol–water partition coefficient (Wildman–Crippen LogP) is 5.26. The molecule has 25 heavy (non-hydrogen) atoms. The normalized spacial score (nSPS) is 11.0. The van der Waals surface area contributed by atoms with Crippen LogP contribution < -0.4 is 5.32 Å². The van der Waals surface area contributed by atoms with Crippen molar-refractivity contribution in [3.63, 3.8) is 0 Å². The number of benzene rings is 2. The largest absolute Gasteiger partial charge is 0.506 e. The number of anilines is 2. The summed E-state index contributed by atoms with van der Waals surface area (Å²) in [4.78, 5) is 9.85. The summed E-state index contributed by atoms with van der Waals surface area (Å²) in [6.45, 7) is 1.83. The quantitative estimate of drug-likeness (QED) is 0.495. The van der Waals surface area contributed by atoms with Crippen LogP contribution in [0.1, 0.15) is 5.82 Å². The minimum Gasteiger partial charge on any atom is -0.506 e. The number of rotatable bonds is 3. The highest BCUT2D eigenvalue weighted by Gasteiger charge is 2.15. The van der Waals surface area contributed by atoms with Crippen molar-refractivity contribution in [2.75, 3.05) is 5.32 Å². The molecular formula is C19H14FN3OS. The first kappa shape index (κ1) is 15.5. The highest BCUT2D eigenvalue weighted by atomic mass is 32.1. The van der Waals surface area contributed by atoms with Crippen LogP contribution in [-0.2, 0) is 0 Å². The first-order valence-electron chi connectivity index (χ1n) is 7.68. The van der Waals surface area contributed by atoms with Crippen molar-refractivity contribution in [3.05, 3.63) is 65.6 Å². The number of aromatic hydroxyl groups is 1. The van der Waals surface area contributed by atoms with Crippen LogP contribution in [0.5, 0.6) is 5.75 Å². The molecule has 0 atom stereocenters. The topological polar surface area (TPSA) is 58.0 Å². The molecule has 6 heteroatoms. The fraction of sp³-hybridized carbons (Fsp3) is 0.0526. The van der Waals surface area contributed by atoms with Gasteiger partial charge in [0.25, 0.3) is 0 Å². The van der Waals surface area contributed by atoms with Gasteiger partial charge in [-0.2, -0.15) is 0 Å². The van der Waals surface area contributed by atoms with Crippen LogP contribution in [0.25, 0.3) is 21.3 Å². The molecule has 0 radical (unpaired) electrons. The Bertz CT molecular complexity index is 1060. The molecule has 0 saturated heterocycles. The summed E-state index contributed by atoms with van der Waals surface area (Å²) < 4.78 is 13.2. The third kappa shape index (κ3) is 2.92. The van der Waals surface area contributed by atoms with E-state index in [0.717, 1.165) is 21.3 Å². The van der Waals surface area contributed by atoms with Crippen LogP contribution in [0.4, 0.5) is 15.9 Å². The maximum Gasteiger partial charge on any atom is 0.143 e. The number of nitrogens with zero attached hydrogens (tertiary/aromatic N) is 2. The molecule has 4 rings (SSSR count). The van der Waals surface area contributed by atoms with Gasteiger partial charge < -0.3 is 10.4 Å². The Hall–Kier alpha value is -2.99. The van der Waals surface area contributed by atoms with Gasteiger partial charge in [0.1, 0.15) is 28.0 Å². The number of thiophene rings is 1. The van der Waals surface area contributed by atoms with Crippen molar-refractivity contribution in [3.8, 4) is 16.9 Å². The number of para-hydroxylation sites is 2. The van der Waals surface area contributed by atoms with E-state index in [9.17, 15) is 9.50 Å². The van der Waals surface area contributed by atoms with Crippen molar-refractivity contribution in [2.45, 2.75) is 6.92 Å². The van der Waals surface area contributed by atoms with Crippen LogP contribution in [0.15, 0.2) is 53.9 Å². The van der Waals surface area contributed by atoms with Gasteiger partial charge in [0.15, 0.2) is 0 Å². The highest BCUT2D eigenvalue weighted by molar-refractivity contribution is 7.17. The van der Waals surface area contributed by atoms with E-state index >= 15 is 0 Å². The molecule has 0 bridgehead atoms. The van der Waals surface area contributed by atoms with Gasteiger partial charge >= 0.3 is 0 Å². The Morgan fingerprint density at radius 2 is 1.80 bits per heavy atom. The third-order valence-corrected chi connectivity index (χ3v) is 4.73. The summed E-state index contributed by atoms with van der Waals surface area (Å²) in [6, 6.07) is 13.3. The van der Waals surface area contributed by atoms with E-state index in [4.69, 9.17) is 0 Å². The molecule has 0 aliphatic heterocycles. The van der Waals surface area contributed by atoms with Gasteiger partial charge in [0.05, 0.1) is 11.1 Å². The Morgan fingerprint density at radius 3 is 2.56 bits per heavy atom. The molecule has 124 valence electrons. The number of nitrogens with one attached hydrogen (secondary N) is 1. The summed E-state index contributed by atoms with van der Waals surface area (Å²) in [5, 5.41) is 16.1. The van der Waals surface area contributed by atoms with E-state index in [-0.39, 0.29) is 11.6 Å². The van der Waals surface area contributed by atoms with Crippen LogP contribution in [0.2, 0.25) is 0 Å². The predicted molar refractivity (Wildman–Crippen MR) is 98.9 cm³/mol. The first-order valence-corrected chi connectivity index (χ1v) is 8.56. The number of hydrogen-bond donors (Lipinski definition) is 2. The molecule has 2 heterocycles. The van der Waals surface area contributed by atoms with Crippen molar-refractivity contribution in [1.29, 1.82) is 0 Å². The number of fused-ring (bicyclic) bond motifs is 1. The lowest BCUT2D eigenvalue weighted by Crippen LogP contribution is -1.98. The van der Waals surface area contributed by atoms with Crippen molar-refractivity contribution < 1.29 is 9.50 Å². The zero-order valence-electron chi connectivity index (χ0n) is 13.3. The Morgan fingerprint density at radius 1 is 1.04 bits per heavy atom. The summed E-state index contributed by atoms with van der Waals surface area (Å²) in [6.07, 6.45) is 0. The molecule has 2 aromatic carbocycles. The lowest BCUT2D eigenvalue weighted by Gasteiger charge is -2.11. The molecule has 4 nitrogen and oxygen atoms in total. The Kier molecular flexibility index (Phi) is 3.82. The number of phenolic OH excluding ortho intramolecular Hbond substituents is 1. The number of phenols is 1. The monoisotopic (exact) mass is 351 g/mol. The van der Waals surface area contributed by atoms with E-state index in [2.05, 4.69) is 15.3 Å². The number of halogens is 1. The Balaban J connectivity index is 1.89. The molecule has 0 fully saturated rings. The van der Waals surface area contributed by atoms with Gasteiger partial charge in [0, 0.05) is 10.9 Å². The van der Waals surface area contributed by atoms with Crippen LogP contribution >= 0.6 is 11.3 Å². The average molecular weight is 351 g/mol. The summed E-state index contributed by atoms with van der Waals surface area (Å²) in [5.74, 6) is 1.12. The number of aryl methyl sites for hydroxylation is 1. The minimum absolute atomic E-state index is 0.144. The average Bonchev–Trinajstić information content (AvgIpc) is 3.01. The second-order valence-corrected chi connectivity index (χ2v) is 6.46. The van der Waals surface area contributed by atoms with Crippen LogP contribution in [-0.4, -0.2) is 15.1 Å². The van der Waals surface area contributed by atoms with Gasteiger partial charge in [-0.15, -0.1) is 11.3 Å². The molecule has 0 aliphatic rings. The molecule has 0 spiro atoms. The molecule has 4 aromatic rings. The maximum atomic E-state index is 13.2. The smallest absolute Gasteiger partial charge is 0.143 e. The van der Waals surface area contributed by atoms with Gasteiger partial charge in [-0.3, -0.25) is 0 Å². The second kappa shape index (κ2) is 6.14. The second-order valence-electron chi connectivity index (χ2n) is 5.60. The molecule has 0 aliphatic carbocycles. The Labute approximate surface area is 147 Å². The summed E-state index contributed by atoms with van der Waals surface area (Å²) in [7, 11) is 0. The molecule has 0 unspecified atom stereocenters. The van der Waals surface area contributed by atoms with E-state index in [1.807, 2.05) is 18.4 Å². The molecular weight excluding hydrogens is 337 g/mol. The zero-order chi connectivity index (χ0) is 17.4. The SMILES string of the molecule is Cc1nc(Nc2ccccc2O)c2c(-c3ccc(F)cc3)csc2n1. The van der Waals surface area contributed by atoms with Gasteiger partial charge in [0.2, 0.25) is 0 Å². The number of hydrogen-bond acceptors (Lipinski definition) is 5. The van der Waals surface area contributed by atoms with Crippen LogP contribution in [0.3, 0.4) is 0 Å². The number of aromatic nitrogens is 2. The van der Waals surface area contributed by atoms with Crippen LogP contribution in [0, 0.1) is 12.7 Å². The van der Waals surface area contributed by atoms with Crippen molar-refractivity contribution in [1.82, 2.24) is 9.97 Å². The summed E-state index contributed by atoms with van der Waals surface area (Å²) >= 11 is 1.51. The van der Waals surface area contributed by atoms with Gasteiger partial charge in [-0.1, -0.05) is 24.3 Å². The molecule has 2 N–H and O–H groups in total. The van der Waals surface area contributed by atoms with E-state index in [0.29, 0.717) is 17.3 Å². The fourth-order valence-corrected chi connectivity index (χ4v) is 3.68. The van der Waals surface area contributed by atoms with Gasteiger partial charge in [-0.25, -0.2) is 14.4 Å². The maximum absolute atomic E-state index is 13.2. The standard InChI is InChI=1S/C19H14FN3OS/c1-11-21-18(23-15-4-2-3-5-16(15)24)17-14(10-25-19(17)22-11)12-6-8-13(20)9-7-12/h2-10,24H,1H3,(H,21,22,23). The zero-order valence-corrected chi connectivity index (χ0v) is 14.1. The van der Waals surface area contributed by atoms with Crippen molar-refractivity contribution in [2.24, 2.45) is 0 Å². The molecule has 0 saturated carbocycles. The fourth-order valence-electron chi connectivity index (χ4n) is 2.69. The lowest BCUT2D eigenvalue weighted by molar-refractivity contribution is 0.477.